The van der Waals surface area contributed by atoms with E-state index >= 15 is 0 Å². The number of likely N-dealkylation sites (tertiary alicyclic amines) is 2. The number of carbonyl (C=O) groups excluding carboxylic acids is 2. The highest BCUT2D eigenvalue weighted by Crippen LogP contribution is 2.24. The Kier molecular flexibility index (Phi) is 6.08. The van der Waals surface area contributed by atoms with Crippen LogP contribution in [0.3, 0.4) is 0 Å². The van der Waals surface area contributed by atoms with E-state index in [9.17, 15) is 9.59 Å². The van der Waals surface area contributed by atoms with Crippen molar-refractivity contribution in [2.45, 2.75) is 45.2 Å². The van der Waals surface area contributed by atoms with Gasteiger partial charge >= 0.3 is 0 Å². The summed E-state index contributed by atoms with van der Waals surface area (Å²) in [5.41, 5.74) is 1.14. The summed E-state index contributed by atoms with van der Waals surface area (Å²) < 4.78 is 0. The Morgan fingerprint density at radius 3 is 2.48 bits per heavy atom. The van der Waals surface area contributed by atoms with E-state index in [-0.39, 0.29) is 17.7 Å². The molecule has 1 N–H and O–H groups in total. The number of rotatable bonds is 4. The number of hydrogen-bond acceptors (Lipinski definition) is 3. The smallest absolute Gasteiger partial charge is 0.224 e. The Labute approximate surface area is 150 Å². The minimum Gasteiger partial charge on any atom is -0.352 e. The SMILES string of the molecule is CC(=O)N1CCC(N2CCC[C@@H](C(=O)NCc3ccccc3)C2)CC1. The van der Waals surface area contributed by atoms with E-state index < -0.39 is 0 Å². The van der Waals surface area contributed by atoms with Crippen LogP contribution < -0.4 is 5.32 Å². The first-order valence-electron chi connectivity index (χ1n) is 9.44. The molecule has 0 aliphatic carbocycles. The lowest BCUT2D eigenvalue weighted by Gasteiger charge is -2.41. The van der Waals surface area contributed by atoms with Crippen LogP contribution in [0.2, 0.25) is 0 Å². The van der Waals surface area contributed by atoms with Crippen LogP contribution in [0.5, 0.6) is 0 Å². The van der Waals surface area contributed by atoms with Crippen LogP contribution in [-0.4, -0.2) is 53.8 Å². The van der Waals surface area contributed by atoms with Crippen LogP contribution >= 0.6 is 0 Å². The highest BCUT2D eigenvalue weighted by molar-refractivity contribution is 5.79. The number of carbonyl (C=O) groups is 2. The van der Waals surface area contributed by atoms with Gasteiger partial charge < -0.3 is 10.2 Å². The molecule has 2 amide bonds. The van der Waals surface area contributed by atoms with Gasteiger partial charge in [-0.25, -0.2) is 0 Å². The molecule has 25 heavy (non-hydrogen) atoms. The second-order valence-corrected chi connectivity index (χ2v) is 7.27. The lowest BCUT2D eigenvalue weighted by atomic mass is 9.93. The molecule has 1 aromatic rings. The Bertz CT molecular complexity index is 582. The second-order valence-electron chi connectivity index (χ2n) is 7.27. The van der Waals surface area contributed by atoms with Crippen molar-refractivity contribution in [1.82, 2.24) is 15.1 Å². The lowest BCUT2D eigenvalue weighted by Crippen LogP contribution is -2.51. The van der Waals surface area contributed by atoms with Gasteiger partial charge in [-0.2, -0.15) is 0 Å². The van der Waals surface area contributed by atoms with Crippen molar-refractivity contribution >= 4 is 11.8 Å². The Morgan fingerprint density at radius 1 is 1.08 bits per heavy atom. The number of amides is 2. The van der Waals surface area contributed by atoms with Crippen LogP contribution in [0.25, 0.3) is 0 Å². The first-order valence-corrected chi connectivity index (χ1v) is 9.44. The van der Waals surface area contributed by atoms with Crippen molar-refractivity contribution in [3.8, 4) is 0 Å². The molecule has 0 radical (unpaired) electrons. The van der Waals surface area contributed by atoms with Gasteiger partial charge in [0, 0.05) is 39.1 Å². The second kappa shape index (κ2) is 8.48. The standard InChI is InChI=1S/C20H29N3O2/c1-16(24)22-12-9-19(10-13-22)23-11-5-8-18(15-23)20(25)21-14-17-6-3-2-4-7-17/h2-4,6-7,18-19H,5,8-15H2,1H3,(H,21,25)/t18-/m1/s1. The third-order valence-corrected chi connectivity index (χ3v) is 5.56. The van der Waals surface area contributed by atoms with E-state index in [0.29, 0.717) is 12.6 Å². The third-order valence-electron chi connectivity index (χ3n) is 5.56. The molecule has 0 unspecified atom stereocenters. The molecule has 136 valence electrons. The minimum absolute atomic E-state index is 0.0864. The molecule has 0 bridgehead atoms. The number of piperidine rings is 2. The quantitative estimate of drug-likeness (QED) is 0.910. The van der Waals surface area contributed by atoms with E-state index in [1.165, 1.54) is 0 Å². The molecular formula is C20H29N3O2. The summed E-state index contributed by atoms with van der Waals surface area (Å²) in [5.74, 6) is 0.438. The molecule has 0 spiro atoms. The Hall–Kier alpha value is -1.88. The topological polar surface area (TPSA) is 52.7 Å². The summed E-state index contributed by atoms with van der Waals surface area (Å²) >= 11 is 0. The largest absolute Gasteiger partial charge is 0.352 e. The molecule has 2 saturated heterocycles. The van der Waals surface area contributed by atoms with Gasteiger partial charge in [-0.1, -0.05) is 30.3 Å². The molecule has 5 nitrogen and oxygen atoms in total. The van der Waals surface area contributed by atoms with Crippen LogP contribution in [0, 0.1) is 5.92 Å². The molecule has 2 aliphatic heterocycles. The summed E-state index contributed by atoms with van der Waals surface area (Å²) in [5, 5.41) is 3.10. The fraction of sp³-hybridized carbons (Fsp3) is 0.600. The summed E-state index contributed by atoms with van der Waals surface area (Å²) in [6.07, 6.45) is 4.11. The normalized spacial score (nSPS) is 22.6. The number of hydrogen-bond donors (Lipinski definition) is 1. The number of nitrogens with zero attached hydrogens (tertiary/aromatic N) is 2. The maximum absolute atomic E-state index is 12.6. The van der Waals surface area contributed by atoms with Gasteiger partial charge in [-0.3, -0.25) is 14.5 Å². The number of nitrogens with one attached hydrogen (secondary N) is 1. The highest BCUT2D eigenvalue weighted by Gasteiger charge is 2.31. The summed E-state index contributed by atoms with van der Waals surface area (Å²) in [7, 11) is 0. The number of benzene rings is 1. The fourth-order valence-electron chi connectivity index (χ4n) is 4.03. The van der Waals surface area contributed by atoms with E-state index in [4.69, 9.17) is 0 Å². The van der Waals surface area contributed by atoms with Gasteiger partial charge in [-0.05, 0) is 37.8 Å². The average Bonchev–Trinajstić information content (AvgIpc) is 2.67. The van der Waals surface area contributed by atoms with E-state index in [1.54, 1.807) is 6.92 Å². The fourth-order valence-corrected chi connectivity index (χ4v) is 4.03. The van der Waals surface area contributed by atoms with Crippen molar-refractivity contribution in [1.29, 1.82) is 0 Å². The maximum atomic E-state index is 12.6. The van der Waals surface area contributed by atoms with Crippen molar-refractivity contribution in [2.24, 2.45) is 5.92 Å². The zero-order valence-electron chi connectivity index (χ0n) is 15.1. The van der Waals surface area contributed by atoms with Gasteiger partial charge in [0.25, 0.3) is 0 Å². The average molecular weight is 343 g/mol. The Balaban J connectivity index is 1.47. The first kappa shape index (κ1) is 17.9. The van der Waals surface area contributed by atoms with Crippen molar-refractivity contribution < 1.29 is 9.59 Å². The van der Waals surface area contributed by atoms with Gasteiger partial charge in [0.15, 0.2) is 0 Å². The van der Waals surface area contributed by atoms with Crippen molar-refractivity contribution in [2.75, 3.05) is 26.2 Å². The van der Waals surface area contributed by atoms with Crippen molar-refractivity contribution in [3.05, 3.63) is 35.9 Å². The molecule has 0 aromatic heterocycles. The van der Waals surface area contributed by atoms with Gasteiger partial charge in [0.2, 0.25) is 11.8 Å². The van der Waals surface area contributed by atoms with E-state index in [0.717, 1.165) is 57.4 Å². The third kappa shape index (κ3) is 4.82. The zero-order chi connectivity index (χ0) is 17.6. The monoisotopic (exact) mass is 343 g/mol. The predicted octanol–water partition coefficient (Wildman–Crippen LogP) is 2.03. The molecular weight excluding hydrogens is 314 g/mol. The van der Waals surface area contributed by atoms with E-state index in [2.05, 4.69) is 10.2 Å². The lowest BCUT2D eigenvalue weighted by molar-refractivity contribution is -0.130. The van der Waals surface area contributed by atoms with Gasteiger partial charge in [-0.15, -0.1) is 0 Å². The Morgan fingerprint density at radius 2 is 1.80 bits per heavy atom. The minimum atomic E-state index is 0.0864. The maximum Gasteiger partial charge on any atom is 0.224 e. The summed E-state index contributed by atoms with van der Waals surface area (Å²) in [6, 6.07) is 10.6. The van der Waals surface area contributed by atoms with Crippen LogP contribution in [-0.2, 0) is 16.1 Å². The molecule has 0 saturated carbocycles. The summed E-state index contributed by atoms with van der Waals surface area (Å²) in [6.45, 7) is 5.88. The molecule has 2 aliphatic rings. The first-order chi connectivity index (χ1) is 12.1. The van der Waals surface area contributed by atoms with Crippen LogP contribution in [0.4, 0.5) is 0 Å². The van der Waals surface area contributed by atoms with Crippen molar-refractivity contribution in [3.63, 3.8) is 0 Å². The molecule has 3 rings (SSSR count). The molecule has 2 heterocycles. The molecule has 5 heteroatoms. The molecule has 2 fully saturated rings. The summed E-state index contributed by atoms with van der Waals surface area (Å²) in [4.78, 5) is 28.4. The zero-order valence-corrected chi connectivity index (χ0v) is 15.1. The molecule has 1 atom stereocenters. The molecule has 1 aromatic carbocycles. The van der Waals surface area contributed by atoms with Crippen LogP contribution in [0.15, 0.2) is 30.3 Å². The highest BCUT2D eigenvalue weighted by atomic mass is 16.2. The van der Waals surface area contributed by atoms with Gasteiger partial charge in [0.1, 0.15) is 0 Å². The predicted molar refractivity (Wildman–Crippen MR) is 97.9 cm³/mol. The van der Waals surface area contributed by atoms with Gasteiger partial charge in [0.05, 0.1) is 5.92 Å². The van der Waals surface area contributed by atoms with E-state index in [1.807, 2.05) is 35.2 Å². The van der Waals surface area contributed by atoms with Crippen LogP contribution in [0.1, 0.15) is 38.2 Å².